The molecule has 0 unspecified atom stereocenters. The maximum Gasteiger partial charge on any atom is 0.407 e. The van der Waals surface area contributed by atoms with Crippen LogP contribution in [-0.2, 0) is 11.3 Å². The van der Waals surface area contributed by atoms with E-state index in [1.807, 2.05) is 57.2 Å². The predicted octanol–water partition coefficient (Wildman–Crippen LogP) is 3.96. The van der Waals surface area contributed by atoms with Gasteiger partial charge in [0.1, 0.15) is 5.60 Å². The molecule has 104 valence electrons. The van der Waals surface area contributed by atoms with Crippen molar-refractivity contribution >= 4 is 23.8 Å². The molecular formula is C15H20ClNO2. The maximum atomic E-state index is 11.5. The van der Waals surface area contributed by atoms with Gasteiger partial charge in [0.05, 0.1) is 0 Å². The largest absolute Gasteiger partial charge is 0.444 e. The fraction of sp³-hybridized carbons (Fsp3) is 0.400. The molecule has 4 heteroatoms. The summed E-state index contributed by atoms with van der Waals surface area (Å²) < 4.78 is 5.17. The van der Waals surface area contributed by atoms with Crippen molar-refractivity contribution in [1.29, 1.82) is 0 Å². The molecule has 1 rings (SSSR count). The van der Waals surface area contributed by atoms with E-state index in [9.17, 15) is 4.79 Å². The number of hydrogen-bond donors (Lipinski definition) is 1. The lowest BCUT2D eigenvalue weighted by molar-refractivity contribution is 0.0523. The van der Waals surface area contributed by atoms with E-state index >= 15 is 0 Å². The SMILES string of the molecule is CC(C)(C)OC(=O)NCc1cccc(C=CCCl)c1. The highest BCUT2D eigenvalue weighted by atomic mass is 35.5. The molecule has 0 radical (unpaired) electrons. The summed E-state index contributed by atoms with van der Waals surface area (Å²) in [5.74, 6) is 0.486. The van der Waals surface area contributed by atoms with E-state index < -0.39 is 11.7 Å². The van der Waals surface area contributed by atoms with Crippen molar-refractivity contribution in [3.63, 3.8) is 0 Å². The number of alkyl halides is 1. The third kappa shape index (κ3) is 6.87. The number of halogens is 1. The van der Waals surface area contributed by atoms with Gasteiger partial charge < -0.3 is 10.1 Å². The molecule has 3 nitrogen and oxygen atoms in total. The Morgan fingerprint density at radius 2 is 2.16 bits per heavy atom. The number of alkyl carbamates (subject to hydrolysis) is 1. The molecular weight excluding hydrogens is 262 g/mol. The number of amides is 1. The van der Waals surface area contributed by atoms with Crippen LogP contribution in [0.3, 0.4) is 0 Å². The zero-order valence-electron chi connectivity index (χ0n) is 11.6. The normalized spacial score (nSPS) is 11.6. The van der Waals surface area contributed by atoms with Gasteiger partial charge in [0.15, 0.2) is 0 Å². The van der Waals surface area contributed by atoms with Crippen LogP contribution in [0.25, 0.3) is 6.08 Å². The van der Waals surface area contributed by atoms with Crippen LogP contribution in [0.5, 0.6) is 0 Å². The second-order valence-corrected chi connectivity index (χ2v) is 5.47. The van der Waals surface area contributed by atoms with Crippen molar-refractivity contribution < 1.29 is 9.53 Å². The molecule has 0 aliphatic rings. The lowest BCUT2D eigenvalue weighted by atomic mass is 10.1. The van der Waals surface area contributed by atoms with Crippen LogP contribution >= 0.6 is 11.6 Å². The maximum absolute atomic E-state index is 11.5. The zero-order valence-corrected chi connectivity index (χ0v) is 12.3. The molecule has 1 amide bonds. The number of ether oxygens (including phenoxy) is 1. The van der Waals surface area contributed by atoms with Gasteiger partial charge in [0.2, 0.25) is 0 Å². The van der Waals surface area contributed by atoms with Gasteiger partial charge >= 0.3 is 6.09 Å². The van der Waals surface area contributed by atoms with E-state index in [2.05, 4.69) is 5.32 Å². The van der Waals surface area contributed by atoms with Crippen molar-refractivity contribution in [1.82, 2.24) is 5.32 Å². The van der Waals surface area contributed by atoms with E-state index in [0.29, 0.717) is 12.4 Å². The summed E-state index contributed by atoms with van der Waals surface area (Å²) in [4.78, 5) is 11.5. The quantitative estimate of drug-likeness (QED) is 0.848. The van der Waals surface area contributed by atoms with Gasteiger partial charge in [-0.05, 0) is 38.0 Å². The highest BCUT2D eigenvalue weighted by molar-refractivity contribution is 6.19. The van der Waals surface area contributed by atoms with E-state index in [-0.39, 0.29) is 0 Å². The molecule has 0 aliphatic carbocycles. The third-order valence-electron chi connectivity index (χ3n) is 2.19. The molecule has 1 aromatic carbocycles. The van der Waals surface area contributed by atoms with Crippen molar-refractivity contribution in [3.8, 4) is 0 Å². The second kappa shape index (κ2) is 7.19. The fourth-order valence-electron chi connectivity index (χ4n) is 1.48. The molecule has 0 fully saturated rings. The molecule has 1 aromatic rings. The molecule has 19 heavy (non-hydrogen) atoms. The summed E-state index contributed by atoms with van der Waals surface area (Å²) in [5, 5.41) is 2.73. The van der Waals surface area contributed by atoms with Crippen LogP contribution < -0.4 is 5.32 Å². The van der Waals surface area contributed by atoms with Crippen LogP contribution in [0.4, 0.5) is 4.79 Å². The highest BCUT2D eigenvalue weighted by Crippen LogP contribution is 2.09. The Bertz CT molecular complexity index is 450. The number of carbonyl (C=O) groups is 1. The van der Waals surface area contributed by atoms with Gasteiger partial charge in [0, 0.05) is 12.4 Å². The number of rotatable bonds is 4. The van der Waals surface area contributed by atoms with Gasteiger partial charge in [-0.1, -0.05) is 30.4 Å². The monoisotopic (exact) mass is 281 g/mol. The van der Waals surface area contributed by atoms with Crippen LogP contribution in [-0.4, -0.2) is 17.6 Å². The van der Waals surface area contributed by atoms with Gasteiger partial charge in [0.25, 0.3) is 0 Å². The summed E-state index contributed by atoms with van der Waals surface area (Å²) in [6, 6.07) is 7.88. The van der Waals surface area contributed by atoms with Crippen molar-refractivity contribution in [2.45, 2.75) is 32.9 Å². The lowest BCUT2D eigenvalue weighted by Crippen LogP contribution is -2.32. The molecule has 0 aliphatic heterocycles. The number of hydrogen-bond acceptors (Lipinski definition) is 2. The Morgan fingerprint density at radius 1 is 1.42 bits per heavy atom. The van der Waals surface area contributed by atoms with Crippen LogP contribution in [0, 0.1) is 0 Å². The molecule has 0 aromatic heterocycles. The average Bonchev–Trinajstić information content (AvgIpc) is 2.32. The number of nitrogens with one attached hydrogen (secondary N) is 1. The van der Waals surface area contributed by atoms with Crippen molar-refractivity contribution in [2.24, 2.45) is 0 Å². The average molecular weight is 282 g/mol. The minimum Gasteiger partial charge on any atom is -0.444 e. The first-order chi connectivity index (χ1) is 8.90. The molecule has 0 saturated heterocycles. The van der Waals surface area contributed by atoms with E-state index in [0.717, 1.165) is 11.1 Å². The summed E-state index contributed by atoms with van der Waals surface area (Å²) >= 11 is 5.60. The van der Waals surface area contributed by atoms with Gasteiger partial charge in [-0.25, -0.2) is 4.79 Å². The van der Waals surface area contributed by atoms with Crippen LogP contribution in [0.2, 0.25) is 0 Å². The van der Waals surface area contributed by atoms with Gasteiger partial charge in [-0.3, -0.25) is 0 Å². The Labute approximate surface area is 119 Å². The molecule has 0 heterocycles. The number of carbonyl (C=O) groups excluding carboxylic acids is 1. The second-order valence-electron chi connectivity index (χ2n) is 5.16. The van der Waals surface area contributed by atoms with E-state index in [4.69, 9.17) is 16.3 Å². The first-order valence-corrected chi connectivity index (χ1v) is 6.72. The van der Waals surface area contributed by atoms with Crippen molar-refractivity contribution in [2.75, 3.05) is 5.88 Å². The molecule has 1 N–H and O–H groups in total. The molecule has 0 atom stereocenters. The lowest BCUT2D eigenvalue weighted by Gasteiger charge is -2.19. The highest BCUT2D eigenvalue weighted by Gasteiger charge is 2.15. The fourth-order valence-corrected chi connectivity index (χ4v) is 1.56. The predicted molar refractivity (Wildman–Crippen MR) is 79.3 cm³/mol. The minimum atomic E-state index is -0.477. The van der Waals surface area contributed by atoms with Crippen LogP contribution in [0.15, 0.2) is 30.3 Å². The summed E-state index contributed by atoms with van der Waals surface area (Å²) in [7, 11) is 0. The molecule has 0 bridgehead atoms. The first kappa shape index (κ1) is 15.6. The Kier molecular flexibility index (Phi) is 5.90. The van der Waals surface area contributed by atoms with Gasteiger partial charge in [-0.15, -0.1) is 11.6 Å². The molecule has 0 spiro atoms. The van der Waals surface area contributed by atoms with Crippen molar-refractivity contribution in [3.05, 3.63) is 41.5 Å². The topological polar surface area (TPSA) is 38.3 Å². The summed E-state index contributed by atoms with van der Waals surface area (Å²) in [5.41, 5.74) is 1.60. The van der Waals surface area contributed by atoms with Crippen LogP contribution in [0.1, 0.15) is 31.9 Å². The smallest absolute Gasteiger partial charge is 0.407 e. The zero-order chi connectivity index (χ0) is 14.3. The standard InChI is InChI=1S/C15H20ClNO2/c1-15(2,3)19-14(18)17-11-13-7-4-6-12(10-13)8-5-9-16/h4-8,10H,9,11H2,1-3H3,(H,17,18). The number of benzene rings is 1. The summed E-state index contributed by atoms with van der Waals surface area (Å²) in [6.45, 7) is 5.95. The summed E-state index contributed by atoms with van der Waals surface area (Å²) in [6.07, 6.45) is 3.42. The van der Waals surface area contributed by atoms with E-state index in [1.54, 1.807) is 0 Å². The first-order valence-electron chi connectivity index (χ1n) is 6.19. The Balaban J connectivity index is 2.54. The minimum absolute atomic E-state index is 0.408. The Hall–Kier alpha value is -1.48. The number of allylic oxidation sites excluding steroid dienone is 1. The Morgan fingerprint density at radius 3 is 2.79 bits per heavy atom. The third-order valence-corrected chi connectivity index (χ3v) is 2.36. The molecule has 0 saturated carbocycles. The van der Waals surface area contributed by atoms with Gasteiger partial charge in [-0.2, -0.15) is 0 Å². The van der Waals surface area contributed by atoms with E-state index in [1.165, 1.54) is 0 Å².